The van der Waals surface area contributed by atoms with Crippen molar-refractivity contribution in [2.75, 3.05) is 19.3 Å². The van der Waals surface area contributed by atoms with Crippen molar-refractivity contribution >= 4 is 23.2 Å². The zero-order valence-electron chi connectivity index (χ0n) is 8.90. The molecule has 0 aliphatic heterocycles. The Bertz CT molecular complexity index is 439. The van der Waals surface area contributed by atoms with Crippen LogP contribution in [0.3, 0.4) is 0 Å². The summed E-state index contributed by atoms with van der Waals surface area (Å²) in [4.78, 5) is 13.3. The molecule has 0 saturated carbocycles. The number of benzene rings is 1. The number of amides is 1. The first kappa shape index (κ1) is 12.3. The van der Waals surface area contributed by atoms with Crippen molar-refractivity contribution in [2.24, 2.45) is 0 Å². The largest absolute Gasteiger partial charge is 0.399 e. The molecule has 0 fully saturated rings. The van der Waals surface area contributed by atoms with Gasteiger partial charge in [-0.15, -0.1) is 0 Å². The zero-order valence-corrected chi connectivity index (χ0v) is 9.66. The Balaban J connectivity index is 2.88. The lowest BCUT2D eigenvalue weighted by atomic mass is 10.1. The average Bonchev–Trinajstić information content (AvgIpc) is 2.28. The average molecular weight is 238 g/mol. The van der Waals surface area contributed by atoms with Gasteiger partial charge in [0.25, 0.3) is 5.91 Å². The van der Waals surface area contributed by atoms with Crippen LogP contribution < -0.4 is 5.73 Å². The first-order chi connectivity index (χ1) is 7.56. The van der Waals surface area contributed by atoms with E-state index in [9.17, 15) is 4.79 Å². The van der Waals surface area contributed by atoms with Crippen LogP contribution >= 0.6 is 11.6 Å². The van der Waals surface area contributed by atoms with E-state index in [1.54, 1.807) is 19.2 Å². The zero-order chi connectivity index (χ0) is 12.1. The molecule has 0 aliphatic rings. The van der Waals surface area contributed by atoms with Crippen molar-refractivity contribution in [1.82, 2.24) is 4.90 Å². The van der Waals surface area contributed by atoms with Gasteiger partial charge in [-0.3, -0.25) is 4.79 Å². The summed E-state index contributed by atoms with van der Waals surface area (Å²) < 4.78 is 0. The van der Waals surface area contributed by atoms with E-state index >= 15 is 0 Å². The fourth-order valence-electron chi connectivity index (χ4n) is 1.23. The number of hydrogen-bond donors (Lipinski definition) is 1. The quantitative estimate of drug-likeness (QED) is 0.817. The Hall–Kier alpha value is -1.73. The van der Waals surface area contributed by atoms with E-state index in [2.05, 4.69) is 0 Å². The second-order valence-corrected chi connectivity index (χ2v) is 3.78. The summed E-state index contributed by atoms with van der Waals surface area (Å²) in [5.41, 5.74) is 6.43. The van der Waals surface area contributed by atoms with Gasteiger partial charge in [-0.1, -0.05) is 11.6 Å². The van der Waals surface area contributed by atoms with Crippen molar-refractivity contribution in [3.05, 3.63) is 28.8 Å². The van der Waals surface area contributed by atoms with E-state index in [0.29, 0.717) is 29.2 Å². The van der Waals surface area contributed by atoms with Crippen molar-refractivity contribution < 1.29 is 4.79 Å². The van der Waals surface area contributed by atoms with Crippen molar-refractivity contribution in [1.29, 1.82) is 5.26 Å². The van der Waals surface area contributed by atoms with Gasteiger partial charge in [0, 0.05) is 19.3 Å². The highest BCUT2D eigenvalue weighted by Crippen LogP contribution is 2.20. The fraction of sp³-hybridized carbons (Fsp3) is 0.273. The highest BCUT2D eigenvalue weighted by molar-refractivity contribution is 6.33. The normalized spacial score (nSPS) is 9.56. The predicted octanol–water partition coefficient (Wildman–Crippen LogP) is 1.91. The van der Waals surface area contributed by atoms with Gasteiger partial charge in [-0.05, 0) is 18.2 Å². The van der Waals surface area contributed by atoms with Crippen LogP contribution in [0.2, 0.25) is 5.02 Å². The van der Waals surface area contributed by atoms with E-state index in [0.717, 1.165) is 0 Å². The van der Waals surface area contributed by atoms with Crippen LogP contribution in [0.25, 0.3) is 0 Å². The third-order valence-corrected chi connectivity index (χ3v) is 2.46. The van der Waals surface area contributed by atoms with Crippen LogP contribution in [0.1, 0.15) is 16.8 Å². The van der Waals surface area contributed by atoms with Crippen LogP contribution in [0.5, 0.6) is 0 Å². The summed E-state index contributed by atoms with van der Waals surface area (Å²) in [6, 6.07) is 6.73. The third-order valence-electron chi connectivity index (χ3n) is 2.13. The summed E-state index contributed by atoms with van der Waals surface area (Å²) in [5.74, 6) is -0.229. The van der Waals surface area contributed by atoms with Crippen LogP contribution in [-0.2, 0) is 0 Å². The maximum Gasteiger partial charge on any atom is 0.255 e. The molecule has 0 saturated heterocycles. The number of carbonyl (C=O) groups is 1. The molecule has 0 spiro atoms. The Morgan fingerprint density at radius 1 is 1.62 bits per heavy atom. The summed E-state index contributed by atoms with van der Waals surface area (Å²) in [5, 5.41) is 8.80. The second kappa shape index (κ2) is 5.38. The number of nitriles is 1. The molecule has 1 aromatic carbocycles. The fourth-order valence-corrected chi connectivity index (χ4v) is 1.43. The van der Waals surface area contributed by atoms with Crippen LogP contribution in [0, 0.1) is 11.3 Å². The Morgan fingerprint density at radius 3 is 2.94 bits per heavy atom. The maximum atomic E-state index is 11.9. The molecule has 4 nitrogen and oxygen atoms in total. The molecule has 0 aliphatic carbocycles. The maximum absolute atomic E-state index is 11.9. The summed E-state index contributed by atoms with van der Waals surface area (Å²) in [6.07, 6.45) is 0.294. The molecule has 16 heavy (non-hydrogen) atoms. The Morgan fingerprint density at radius 2 is 2.31 bits per heavy atom. The summed E-state index contributed by atoms with van der Waals surface area (Å²) in [7, 11) is 1.62. The van der Waals surface area contributed by atoms with Crippen LogP contribution in [0.15, 0.2) is 18.2 Å². The minimum Gasteiger partial charge on any atom is -0.399 e. The molecule has 0 radical (unpaired) electrons. The summed E-state index contributed by atoms with van der Waals surface area (Å²) in [6.45, 7) is 0.375. The second-order valence-electron chi connectivity index (χ2n) is 3.37. The van der Waals surface area contributed by atoms with Gasteiger partial charge in [-0.25, -0.2) is 0 Å². The molecule has 1 amide bonds. The molecule has 0 bridgehead atoms. The molecule has 84 valence electrons. The molecular formula is C11H12ClN3O. The van der Waals surface area contributed by atoms with Gasteiger partial charge in [0.1, 0.15) is 0 Å². The molecule has 2 N–H and O–H groups in total. The van der Waals surface area contributed by atoms with E-state index in [-0.39, 0.29) is 5.91 Å². The highest BCUT2D eigenvalue weighted by atomic mass is 35.5. The first-order valence-corrected chi connectivity index (χ1v) is 5.11. The van der Waals surface area contributed by atoms with Gasteiger partial charge < -0.3 is 10.6 Å². The number of nitrogen functional groups attached to an aromatic ring is 1. The molecule has 0 aromatic heterocycles. The Labute approximate surface area is 99.2 Å². The van der Waals surface area contributed by atoms with Gasteiger partial charge in [-0.2, -0.15) is 5.26 Å². The molecular weight excluding hydrogens is 226 g/mol. The standard InChI is InChI=1S/C11H12ClN3O/c1-15(6-2-5-13)11(16)9-7-8(14)3-4-10(9)12/h3-4,7H,2,6,14H2,1H3. The number of halogens is 1. The summed E-state index contributed by atoms with van der Waals surface area (Å²) >= 11 is 5.90. The number of hydrogen-bond acceptors (Lipinski definition) is 3. The van der Waals surface area contributed by atoms with E-state index in [4.69, 9.17) is 22.6 Å². The van der Waals surface area contributed by atoms with Crippen molar-refractivity contribution in [2.45, 2.75) is 6.42 Å². The van der Waals surface area contributed by atoms with E-state index in [1.165, 1.54) is 11.0 Å². The lowest BCUT2D eigenvalue weighted by molar-refractivity contribution is 0.0798. The number of rotatable bonds is 3. The molecule has 0 unspecified atom stereocenters. The van der Waals surface area contributed by atoms with Crippen molar-refractivity contribution in [3.8, 4) is 6.07 Å². The number of nitrogens with two attached hydrogens (primary N) is 1. The Kier molecular flexibility index (Phi) is 4.15. The van der Waals surface area contributed by atoms with Gasteiger partial charge >= 0.3 is 0 Å². The smallest absolute Gasteiger partial charge is 0.255 e. The van der Waals surface area contributed by atoms with Crippen LogP contribution in [-0.4, -0.2) is 24.4 Å². The molecule has 5 heteroatoms. The molecule has 0 heterocycles. The molecule has 1 rings (SSSR count). The predicted molar refractivity (Wildman–Crippen MR) is 63.1 cm³/mol. The van der Waals surface area contributed by atoms with Crippen molar-refractivity contribution in [3.63, 3.8) is 0 Å². The van der Waals surface area contributed by atoms with Gasteiger partial charge in [0.05, 0.1) is 23.1 Å². The van der Waals surface area contributed by atoms with Gasteiger partial charge in [0.2, 0.25) is 0 Å². The lowest BCUT2D eigenvalue weighted by Crippen LogP contribution is -2.27. The lowest BCUT2D eigenvalue weighted by Gasteiger charge is -2.16. The van der Waals surface area contributed by atoms with Gasteiger partial charge in [0.15, 0.2) is 0 Å². The number of anilines is 1. The SMILES string of the molecule is CN(CCC#N)C(=O)c1cc(N)ccc1Cl. The number of nitrogens with zero attached hydrogens (tertiary/aromatic N) is 2. The van der Waals surface area contributed by atoms with E-state index in [1.807, 2.05) is 6.07 Å². The minimum absolute atomic E-state index is 0.229. The first-order valence-electron chi connectivity index (χ1n) is 4.73. The highest BCUT2D eigenvalue weighted by Gasteiger charge is 2.14. The third kappa shape index (κ3) is 2.88. The minimum atomic E-state index is -0.229. The van der Waals surface area contributed by atoms with E-state index < -0.39 is 0 Å². The van der Waals surface area contributed by atoms with Crippen LogP contribution in [0.4, 0.5) is 5.69 Å². The molecule has 1 aromatic rings. The molecule has 0 atom stereocenters. The number of carbonyl (C=O) groups excluding carboxylic acids is 1. The topological polar surface area (TPSA) is 70.1 Å². The monoisotopic (exact) mass is 237 g/mol.